The van der Waals surface area contributed by atoms with E-state index in [9.17, 15) is 8.42 Å². The second-order valence-electron chi connectivity index (χ2n) is 1.97. The molecule has 0 aliphatic carbocycles. The minimum atomic E-state index is -4.13. The molecule has 0 bridgehead atoms. The molecule has 0 aliphatic heterocycles. The van der Waals surface area contributed by atoms with Gasteiger partial charge in [0.15, 0.2) is 0 Å². The number of phenolic OH excluding ortho intramolecular Hbond substituents is 1. The van der Waals surface area contributed by atoms with E-state index in [1.807, 2.05) is 0 Å². The number of rotatable bonds is 1. The maximum Gasteiger partial charge on any atom is 0.294 e. The fourth-order valence-corrected chi connectivity index (χ4v) is 1.10. The Hall–Kier alpha value is -0.538. The minimum absolute atomic E-state index is 0. The number of aromatic hydroxyl groups is 1. The van der Waals surface area contributed by atoms with Crippen LogP contribution in [0.3, 0.4) is 0 Å². The summed E-state index contributed by atoms with van der Waals surface area (Å²) in [6.45, 7) is 0. The van der Waals surface area contributed by atoms with E-state index in [1.54, 1.807) is 0 Å². The molecule has 6 heteroatoms. The average molecular weight is 201 g/mol. The largest absolute Gasteiger partial charge is 0.508 e. The highest BCUT2D eigenvalue weighted by atomic mass is 32.2. The zero-order valence-electron chi connectivity index (χ0n) is 6.01. The molecular weight excluding hydrogens is 195 g/mol. The Bertz CT molecular complexity index is 342. The van der Waals surface area contributed by atoms with Gasteiger partial charge in [0, 0.05) is 17.4 Å². The molecule has 4 nitrogen and oxygen atoms in total. The molecule has 2 N–H and O–H groups in total. The van der Waals surface area contributed by atoms with Crippen molar-refractivity contribution in [3.8, 4) is 5.75 Å². The smallest absolute Gasteiger partial charge is 0.294 e. The molecule has 1 aromatic rings. The van der Waals surface area contributed by atoms with Gasteiger partial charge in [-0.25, -0.2) is 0 Å². The minimum Gasteiger partial charge on any atom is -0.508 e. The summed E-state index contributed by atoms with van der Waals surface area (Å²) in [6, 6.07) is 4.60. The van der Waals surface area contributed by atoms with Crippen LogP contribution in [0.1, 0.15) is 0 Å². The van der Waals surface area contributed by atoms with E-state index in [-0.39, 0.29) is 28.0 Å². The van der Waals surface area contributed by atoms with Crippen LogP contribution in [0.2, 0.25) is 0 Å². The lowest BCUT2D eigenvalue weighted by Gasteiger charge is -1.94. The van der Waals surface area contributed by atoms with Crippen LogP contribution in [0.5, 0.6) is 5.75 Å². The van der Waals surface area contributed by atoms with Crippen LogP contribution in [0.25, 0.3) is 0 Å². The molecule has 0 aromatic heterocycles. The molecule has 0 aliphatic rings. The number of benzene rings is 1. The van der Waals surface area contributed by atoms with Crippen LogP contribution in [0, 0.1) is 0 Å². The van der Waals surface area contributed by atoms with Crippen molar-refractivity contribution in [2.24, 2.45) is 0 Å². The Morgan fingerprint density at radius 2 is 1.50 bits per heavy atom. The molecule has 63 valence electrons. The highest BCUT2D eigenvalue weighted by molar-refractivity contribution is 7.85. The second kappa shape index (κ2) is 3.92. The Labute approximate surface area is 80.7 Å². The molecule has 0 atom stereocenters. The summed E-state index contributed by atoms with van der Waals surface area (Å²) in [6.07, 6.45) is 0. The predicted molar refractivity (Wildman–Crippen MR) is 43.7 cm³/mol. The Kier molecular flexibility index (Phi) is 3.74. The van der Waals surface area contributed by atoms with Gasteiger partial charge < -0.3 is 5.11 Å². The van der Waals surface area contributed by atoms with Gasteiger partial charge in [0.05, 0.1) is 4.90 Å². The van der Waals surface area contributed by atoms with Gasteiger partial charge in [0.2, 0.25) is 0 Å². The summed E-state index contributed by atoms with van der Waals surface area (Å²) >= 11 is 0. The van der Waals surface area contributed by atoms with Crippen LogP contribution in [0.15, 0.2) is 29.2 Å². The molecule has 0 saturated heterocycles. The van der Waals surface area contributed by atoms with Crippen molar-refractivity contribution in [3.05, 3.63) is 24.3 Å². The van der Waals surface area contributed by atoms with E-state index in [0.717, 1.165) is 12.1 Å². The zero-order chi connectivity index (χ0) is 8.48. The van der Waals surface area contributed by atoms with Gasteiger partial charge in [-0.3, -0.25) is 4.55 Å². The van der Waals surface area contributed by atoms with Gasteiger partial charge in [-0.15, -0.1) is 0 Å². The summed E-state index contributed by atoms with van der Waals surface area (Å²) < 4.78 is 29.3. The van der Waals surface area contributed by atoms with Gasteiger partial charge in [0.1, 0.15) is 5.75 Å². The summed E-state index contributed by atoms with van der Waals surface area (Å²) in [5.74, 6) is -0.0441. The lowest BCUT2D eigenvalue weighted by atomic mass is 10.3. The van der Waals surface area contributed by atoms with E-state index in [1.165, 1.54) is 12.1 Å². The van der Waals surface area contributed by atoms with Crippen molar-refractivity contribution in [3.63, 3.8) is 0 Å². The second-order valence-corrected chi connectivity index (χ2v) is 3.39. The normalized spacial score (nSPS) is 10.4. The van der Waals surface area contributed by atoms with Crippen molar-refractivity contribution in [2.75, 3.05) is 0 Å². The molecule has 1 rings (SSSR count). The lowest BCUT2D eigenvalue weighted by Crippen LogP contribution is -1.96. The number of hydrogen-bond donors (Lipinski definition) is 2. The SMILES string of the molecule is O=S(=O)(O)c1ccc(O)cc1.[Al]. The average Bonchev–Trinajstić information content (AvgIpc) is 1.86. The molecular formula is C6H6AlO4S. The first kappa shape index (κ1) is 11.5. The summed E-state index contributed by atoms with van der Waals surface area (Å²) in [7, 11) is -4.13. The van der Waals surface area contributed by atoms with E-state index >= 15 is 0 Å². The number of hydrogen-bond acceptors (Lipinski definition) is 3. The summed E-state index contributed by atoms with van der Waals surface area (Å²) in [4.78, 5) is -0.227. The highest BCUT2D eigenvalue weighted by Gasteiger charge is 2.07. The van der Waals surface area contributed by atoms with Crippen LogP contribution in [0.4, 0.5) is 0 Å². The molecule has 1 aromatic carbocycles. The van der Waals surface area contributed by atoms with Crippen molar-refractivity contribution < 1.29 is 18.1 Å². The third-order valence-electron chi connectivity index (χ3n) is 1.13. The van der Waals surface area contributed by atoms with Gasteiger partial charge >= 0.3 is 0 Å². The fraction of sp³-hybridized carbons (Fsp3) is 0. The quantitative estimate of drug-likeness (QED) is 0.504. The molecule has 0 heterocycles. The standard InChI is InChI=1S/C6H6O4S.Al/c7-5-1-3-6(4-2-5)11(8,9)10;/h1-4,7H,(H,8,9,10);. The van der Waals surface area contributed by atoms with Crippen LogP contribution in [-0.4, -0.2) is 35.4 Å². The Morgan fingerprint density at radius 3 is 1.83 bits per heavy atom. The van der Waals surface area contributed by atoms with E-state index < -0.39 is 10.1 Å². The highest BCUT2D eigenvalue weighted by Crippen LogP contribution is 2.13. The Balaban J connectivity index is 0.00000121. The van der Waals surface area contributed by atoms with Gasteiger partial charge in [-0.05, 0) is 24.3 Å². The molecule has 12 heavy (non-hydrogen) atoms. The molecule has 3 radical (unpaired) electrons. The molecule has 0 amide bonds. The van der Waals surface area contributed by atoms with Crippen molar-refractivity contribution >= 4 is 27.5 Å². The molecule has 0 unspecified atom stereocenters. The van der Waals surface area contributed by atoms with Crippen LogP contribution >= 0.6 is 0 Å². The monoisotopic (exact) mass is 201 g/mol. The third-order valence-corrected chi connectivity index (χ3v) is 2.00. The van der Waals surface area contributed by atoms with Crippen LogP contribution in [-0.2, 0) is 10.1 Å². The molecule has 0 saturated carbocycles. The lowest BCUT2D eigenvalue weighted by molar-refractivity contribution is 0.472. The molecule has 0 fully saturated rings. The van der Waals surface area contributed by atoms with E-state index in [4.69, 9.17) is 9.66 Å². The van der Waals surface area contributed by atoms with Gasteiger partial charge in [0.25, 0.3) is 10.1 Å². The van der Waals surface area contributed by atoms with Gasteiger partial charge in [-0.1, -0.05) is 0 Å². The summed E-state index contributed by atoms with van der Waals surface area (Å²) in [5, 5.41) is 8.75. The van der Waals surface area contributed by atoms with E-state index in [2.05, 4.69) is 0 Å². The first-order chi connectivity index (χ1) is 5.00. The maximum atomic E-state index is 10.4. The first-order valence-electron chi connectivity index (χ1n) is 2.77. The molecule has 0 spiro atoms. The third kappa shape index (κ3) is 2.83. The zero-order valence-corrected chi connectivity index (χ0v) is 7.98. The summed E-state index contributed by atoms with van der Waals surface area (Å²) in [5.41, 5.74) is 0. The van der Waals surface area contributed by atoms with Crippen molar-refractivity contribution in [2.45, 2.75) is 4.90 Å². The van der Waals surface area contributed by atoms with Crippen molar-refractivity contribution in [1.82, 2.24) is 0 Å². The first-order valence-corrected chi connectivity index (χ1v) is 4.21. The predicted octanol–water partition coefficient (Wildman–Crippen LogP) is 0.258. The fourth-order valence-electron chi connectivity index (χ4n) is 0.618. The van der Waals surface area contributed by atoms with Crippen LogP contribution < -0.4 is 0 Å². The Morgan fingerprint density at radius 1 is 1.08 bits per heavy atom. The van der Waals surface area contributed by atoms with Gasteiger partial charge in [-0.2, -0.15) is 8.42 Å². The number of phenols is 1. The van der Waals surface area contributed by atoms with Crippen molar-refractivity contribution in [1.29, 1.82) is 0 Å². The topological polar surface area (TPSA) is 74.6 Å². The maximum absolute atomic E-state index is 10.4. The van der Waals surface area contributed by atoms with E-state index in [0.29, 0.717) is 0 Å².